The van der Waals surface area contributed by atoms with Gasteiger partial charge in [0.2, 0.25) is 5.78 Å². The Morgan fingerprint density at radius 1 is 1.35 bits per heavy atom. The third-order valence-corrected chi connectivity index (χ3v) is 3.53. The average molecular weight is 246 g/mol. The molecule has 2 nitrogen and oxygen atoms in total. The third kappa shape index (κ3) is 2.39. The van der Waals surface area contributed by atoms with Crippen molar-refractivity contribution in [1.29, 1.82) is 0 Å². The van der Waals surface area contributed by atoms with Gasteiger partial charge in [0, 0.05) is 0 Å². The molecule has 0 aliphatic rings. The van der Waals surface area contributed by atoms with Crippen molar-refractivity contribution >= 4 is 17.1 Å². The number of ketones is 1. The summed E-state index contributed by atoms with van der Waals surface area (Å²) in [7, 11) is 1.59. The molecule has 3 heteroatoms. The highest BCUT2D eigenvalue weighted by Gasteiger charge is 2.15. The monoisotopic (exact) mass is 246 g/mol. The van der Waals surface area contributed by atoms with E-state index in [-0.39, 0.29) is 5.78 Å². The Labute approximate surface area is 105 Å². The average Bonchev–Trinajstić information content (AvgIpc) is 2.91. The molecule has 88 valence electrons. The molecule has 0 fully saturated rings. The molecule has 1 aromatic heterocycles. The Hall–Kier alpha value is -1.61. The van der Waals surface area contributed by atoms with Crippen LogP contribution in [0.2, 0.25) is 0 Å². The number of aryl methyl sites for hydroxylation is 1. The van der Waals surface area contributed by atoms with Gasteiger partial charge in [0.25, 0.3) is 0 Å². The lowest BCUT2D eigenvalue weighted by Crippen LogP contribution is -2.03. The van der Waals surface area contributed by atoms with E-state index in [4.69, 9.17) is 4.74 Å². The Balaban J connectivity index is 2.45. The van der Waals surface area contributed by atoms with Crippen LogP contribution < -0.4 is 4.74 Å². The number of ether oxygens (including phenoxy) is 1. The van der Waals surface area contributed by atoms with E-state index in [1.165, 1.54) is 11.3 Å². The van der Waals surface area contributed by atoms with Crippen molar-refractivity contribution in [2.45, 2.75) is 13.3 Å². The minimum Gasteiger partial charge on any atom is -0.496 e. The van der Waals surface area contributed by atoms with Crippen molar-refractivity contribution in [2.75, 3.05) is 7.11 Å². The molecule has 0 saturated carbocycles. The van der Waals surface area contributed by atoms with Gasteiger partial charge in [0.1, 0.15) is 5.75 Å². The fraction of sp³-hybridized carbons (Fsp3) is 0.214. The van der Waals surface area contributed by atoms with Crippen molar-refractivity contribution in [3.63, 3.8) is 0 Å². The maximum Gasteiger partial charge on any atom is 0.206 e. The zero-order valence-electron chi connectivity index (χ0n) is 9.90. The predicted octanol–water partition coefficient (Wildman–Crippen LogP) is 3.55. The van der Waals surface area contributed by atoms with Crippen LogP contribution in [0.1, 0.15) is 27.7 Å². The number of thiophene rings is 1. The van der Waals surface area contributed by atoms with Gasteiger partial charge in [-0.2, -0.15) is 0 Å². The first-order chi connectivity index (χ1) is 8.26. The molecule has 0 bridgehead atoms. The zero-order valence-corrected chi connectivity index (χ0v) is 10.7. The first-order valence-corrected chi connectivity index (χ1v) is 6.39. The summed E-state index contributed by atoms with van der Waals surface area (Å²) in [6.45, 7) is 2.07. The van der Waals surface area contributed by atoms with Gasteiger partial charge >= 0.3 is 0 Å². The van der Waals surface area contributed by atoms with Gasteiger partial charge in [0.15, 0.2) is 0 Å². The lowest BCUT2D eigenvalue weighted by molar-refractivity contribution is 0.103. The predicted molar refractivity (Wildman–Crippen MR) is 70.1 cm³/mol. The molecule has 1 heterocycles. The van der Waals surface area contributed by atoms with Gasteiger partial charge < -0.3 is 4.74 Å². The first kappa shape index (κ1) is 11.9. The van der Waals surface area contributed by atoms with Crippen LogP contribution in [0.4, 0.5) is 0 Å². The van der Waals surface area contributed by atoms with Crippen molar-refractivity contribution in [1.82, 2.24) is 0 Å². The number of carbonyl (C=O) groups is 1. The Morgan fingerprint density at radius 3 is 2.76 bits per heavy atom. The van der Waals surface area contributed by atoms with Gasteiger partial charge in [-0.25, -0.2) is 0 Å². The lowest BCUT2D eigenvalue weighted by Gasteiger charge is -2.08. The largest absolute Gasteiger partial charge is 0.496 e. The molecule has 1 aromatic carbocycles. The smallest absolute Gasteiger partial charge is 0.206 e. The van der Waals surface area contributed by atoms with E-state index in [1.54, 1.807) is 7.11 Å². The molecule has 0 N–H and O–H groups in total. The molecule has 2 aromatic rings. The summed E-state index contributed by atoms with van der Waals surface area (Å²) < 4.78 is 5.25. The van der Waals surface area contributed by atoms with E-state index < -0.39 is 0 Å². The summed E-state index contributed by atoms with van der Waals surface area (Å²) >= 11 is 1.45. The molecular weight excluding hydrogens is 232 g/mol. The number of carbonyl (C=O) groups excluding carboxylic acids is 1. The second kappa shape index (κ2) is 5.15. The molecule has 0 radical (unpaired) electrons. The van der Waals surface area contributed by atoms with Crippen LogP contribution in [0, 0.1) is 0 Å². The van der Waals surface area contributed by atoms with Crippen LogP contribution in [0.15, 0.2) is 35.7 Å². The van der Waals surface area contributed by atoms with Gasteiger partial charge in [-0.15, -0.1) is 11.3 Å². The van der Waals surface area contributed by atoms with E-state index in [1.807, 2.05) is 35.7 Å². The summed E-state index contributed by atoms with van der Waals surface area (Å²) in [5, 5.41) is 1.91. The summed E-state index contributed by atoms with van der Waals surface area (Å²) in [6, 6.07) is 9.49. The molecule has 17 heavy (non-hydrogen) atoms. The summed E-state index contributed by atoms with van der Waals surface area (Å²) in [5.41, 5.74) is 1.79. The SMILES string of the molecule is CCc1ccc(OC)c(C(=O)c2cccs2)c1. The van der Waals surface area contributed by atoms with E-state index in [9.17, 15) is 4.79 Å². The number of benzene rings is 1. The third-order valence-electron chi connectivity index (χ3n) is 2.66. The molecule has 0 saturated heterocycles. The highest BCUT2D eigenvalue weighted by molar-refractivity contribution is 7.12. The second-order valence-electron chi connectivity index (χ2n) is 3.69. The van der Waals surface area contributed by atoms with E-state index in [0.717, 1.165) is 16.9 Å². The van der Waals surface area contributed by atoms with Gasteiger partial charge in [-0.1, -0.05) is 19.1 Å². The summed E-state index contributed by atoms with van der Waals surface area (Å²) in [6.07, 6.45) is 0.911. The summed E-state index contributed by atoms with van der Waals surface area (Å²) in [4.78, 5) is 13.0. The topological polar surface area (TPSA) is 26.3 Å². The Bertz CT molecular complexity index is 515. The van der Waals surface area contributed by atoms with Crippen LogP contribution in [0.3, 0.4) is 0 Å². The van der Waals surface area contributed by atoms with E-state index in [0.29, 0.717) is 11.3 Å². The van der Waals surface area contributed by atoms with Crippen molar-refractivity contribution in [3.05, 3.63) is 51.7 Å². The maximum atomic E-state index is 12.3. The summed E-state index contributed by atoms with van der Waals surface area (Å²) in [5.74, 6) is 0.674. The molecule has 0 spiro atoms. The van der Waals surface area contributed by atoms with Gasteiger partial charge in [-0.3, -0.25) is 4.79 Å². The van der Waals surface area contributed by atoms with Crippen molar-refractivity contribution < 1.29 is 9.53 Å². The lowest BCUT2D eigenvalue weighted by atomic mass is 10.0. The number of methoxy groups -OCH3 is 1. The molecule has 0 atom stereocenters. The minimum atomic E-state index is 0.0344. The Morgan fingerprint density at radius 2 is 2.18 bits per heavy atom. The molecule has 0 aliphatic heterocycles. The zero-order chi connectivity index (χ0) is 12.3. The van der Waals surface area contributed by atoms with Crippen LogP contribution in [0.25, 0.3) is 0 Å². The molecule has 0 amide bonds. The molecule has 2 rings (SSSR count). The molecular formula is C14H14O2S. The normalized spacial score (nSPS) is 10.2. The van der Waals surface area contributed by atoms with Crippen LogP contribution in [-0.2, 0) is 6.42 Å². The Kier molecular flexibility index (Phi) is 3.59. The van der Waals surface area contributed by atoms with E-state index in [2.05, 4.69) is 6.92 Å². The highest BCUT2D eigenvalue weighted by Crippen LogP contribution is 2.25. The van der Waals surface area contributed by atoms with Crippen LogP contribution >= 0.6 is 11.3 Å². The molecule has 0 unspecified atom stereocenters. The van der Waals surface area contributed by atoms with Gasteiger partial charge in [-0.05, 0) is 35.6 Å². The van der Waals surface area contributed by atoms with Crippen LogP contribution in [0.5, 0.6) is 5.75 Å². The minimum absolute atomic E-state index is 0.0344. The van der Waals surface area contributed by atoms with Crippen LogP contribution in [-0.4, -0.2) is 12.9 Å². The number of hydrogen-bond donors (Lipinski definition) is 0. The standard InChI is InChI=1S/C14H14O2S/c1-3-10-6-7-12(16-2)11(9-10)14(15)13-5-4-8-17-13/h4-9H,3H2,1-2H3. The van der Waals surface area contributed by atoms with E-state index >= 15 is 0 Å². The number of rotatable bonds is 4. The van der Waals surface area contributed by atoms with Gasteiger partial charge in [0.05, 0.1) is 17.6 Å². The number of hydrogen-bond acceptors (Lipinski definition) is 3. The molecule has 0 aliphatic carbocycles. The van der Waals surface area contributed by atoms with Crippen molar-refractivity contribution in [3.8, 4) is 5.75 Å². The fourth-order valence-electron chi connectivity index (χ4n) is 1.69. The van der Waals surface area contributed by atoms with Crippen molar-refractivity contribution in [2.24, 2.45) is 0 Å². The highest BCUT2D eigenvalue weighted by atomic mass is 32.1. The second-order valence-corrected chi connectivity index (χ2v) is 4.64. The maximum absolute atomic E-state index is 12.3. The quantitative estimate of drug-likeness (QED) is 0.771. The first-order valence-electron chi connectivity index (χ1n) is 5.51. The fourth-order valence-corrected chi connectivity index (χ4v) is 2.37.